The zero-order valence-corrected chi connectivity index (χ0v) is 14.2. The third-order valence-corrected chi connectivity index (χ3v) is 4.04. The third kappa shape index (κ3) is 3.64. The lowest BCUT2D eigenvalue weighted by molar-refractivity contribution is -0.292. The van der Waals surface area contributed by atoms with Crippen molar-refractivity contribution in [1.82, 2.24) is 10.6 Å². The molecule has 1 saturated heterocycles. The molecular weight excluding hydrogens is 361 g/mol. The number of rotatable bonds is 4. The minimum absolute atomic E-state index is 0.136. The maximum absolute atomic E-state index is 13.5. The Bertz CT molecular complexity index is 653. The van der Waals surface area contributed by atoms with Crippen LogP contribution in [0.1, 0.15) is 18.5 Å². The molecule has 10 heteroatoms. The van der Waals surface area contributed by atoms with Gasteiger partial charge in [-0.15, -0.1) is 0 Å². The first-order valence-electron chi connectivity index (χ1n) is 7.32. The van der Waals surface area contributed by atoms with E-state index in [-0.39, 0.29) is 6.61 Å². The molecule has 0 bridgehead atoms. The maximum Gasteiger partial charge on any atom is 0.437 e. The zero-order chi connectivity index (χ0) is 18.8. The van der Waals surface area contributed by atoms with Crippen molar-refractivity contribution < 1.29 is 32.5 Å². The third-order valence-electron chi connectivity index (χ3n) is 3.82. The van der Waals surface area contributed by atoms with Crippen LogP contribution in [-0.4, -0.2) is 41.8 Å². The summed E-state index contributed by atoms with van der Waals surface area (Å²) in [5.41, 5.74) is -3.25. The second kappa shape index (κ2) is 7.04. The average Bonchev–Trinajstić information content (AvgIpc) is 2.53. The summed E-state index contributed by atoms with van der Waals surface area (Å²) in [4.78, 5) is 12.2. The predicted octanol–water partition coefficient (Wildman–Crippen LogP) is 1.64. The number of hydrogen-bond acceptors (Lipinski definition) is 5. The quantitative estimate of drug-likeness (QED) is 0.543. The van der Waals surface area contributed by atoms with Crippen molar-refractivity contribution in [1.29, 1.82) is 0 Å². The van der Waals surface area contributed by atoms with Crippen molar-refractivity contribution in [3.8, 4) is 5.75 Å². The predicted molar refractivity (Wildman–Crippen MR) is 85.7 cm³/mol. The number of carbonyl (C=O) groups excluding carboxylic acids is 1. The van der Waals surface area contributed by atoms with Gasteiger partial charge in [0.05, 0.1) is 19.8 Å². The van der Waals surface area contributed by atoms with Gasteiger partial charge in [0.15, 0.2) is 5.11 Å². The van der Waals surface area contributed by atoms with Crippen LogP contribution in [0.15, 0.2) is 24.3 Å². The molecule has 2 rings (SSSR count). The van der Waals surface area contributed by atoms with Gasteiger partial charge in [0.1, 0.15) is 11.7 Å². The average molecular weight is 378 g/mol. The molecule has 0 aliphatic carbocycles. The molecule has 3 N–H and O–H groups in total. The van der Waals surface area contributed by atoms with Gasteiger partial charge in [-0.3, -0.25) is 4.79 Å². The molecule has 1 aromatic rings. The Labute approximate surface area is 147 Å². The number of aliphatic hydroxyl groups is 1. The van der Waals surface area contributed by atoms with Crippen LogP contribution in [0.2, 0.25) is 0 Å². The summed E-state index contributed by atoms with van der Waals surface area (Å²) in [5, 5.41) is 14.2. The molecule has 25 heavy (non-hydrogen) atoms. The van der Waals surface area contributed by atoms with Crippen LogP contribution >= 0.6 is 12.2 Å². The number of benzene rings is 1. The molecule has 0 aromatic heterocycles. The van der Waals surface area contributed by atoms with E-state index in [0.717, 1.165) is 0 Å². The molecule has 3 atom stereocenters. The first-order valence-corrected chi connectivity index (χ1v) is 7.73. The van der Waals surface area contributed by atoms with Crippen LogP contribution in [0.3, 0.4) is 0 Å². The lowest BCUT2D eigenvalue weighted by Gasteiger charge is -2.45. The standard InChI is InChI=1S/C15H17F3N2O4S/c1-3-24-12(21)10-11(8-4-6-9(23-2)7-5-8)19-13(25)20-14(10,22)15(16,17)18/h4-7,10-11,22H,3H2,1-2H3,(H2,19,20,25). The molecule has 1 aliphatic heterocycles. The number of alkyl halides is 3. The molecule has 1 fully saturated rings. The number of nitrogens with one attached hydrogen (secondary N) is 2. The summed E-state index contributed by atoms with van der Waals surface area (Å²) in [6.45, 7) is 1.32. The van der Waals surface area contributed by atoms with Crippen molar-refractivity contribution in [3.05, 3.63) is 29.8 Å². The van der Waals surface area contributed by atoms with E-state index in [2.05, 4.69) is 5.32 Å². The van der Waals surface area contributed by atoms with Gasteiger partial charge in [0.2, 0.25) is 0 Å². The topological polar surface area (TPSA) is 79.8 Å². The number of halogens is 3. The highest BCUT2D eigenvalue weighted by atomic mass is 32.1. The number of esters is 1. The summed E-state index contributed by atoms with van der Waals surface area (Å²) in [6.07, 6.45) is -5.17. The van der Waals surface area contributed by atoms with E-state index in [1.165, 1.54) is 38.3 Å². The Morgan fingerprint density at radius 2 is 1.96 bits per heavy atom. The van der Waals surface area contributed by atoms with Gasteiger partial charge in [-0.05, 0) is 36.8 Å². The lowest BCUT2D eigenvalue weighted by atomic mass is 9.82. The number of ether oxygens (including phenoxy) is 2. The number of carbonyl (C=O) groups is 1. The second-order valence-electron chi connectivity index (χ2n) is 5.34. The second-order valence-corrected chi connectivity index (χ2v) is 5.75. The van der Waals surface area contributed by atoms with E-state index in [1.807, 2.05) is 0 Å². The smallest absolute Gasteiger partial charge is 0.437 e. The summed E-state index contributed by atoms with van der Waals surface area (Å²) in [7, 11) is 1.44. The Hall–Kier alpha value is -2.07. The summed E-state index contributed by atoms with van der Waals surface area (Å²) >= 11 is 4.79. The Morgan fingerprint density at radius 1 is 1.36 bits per heavy atom. The van der Waals surface area contributed by atoms with Gasteiger partial charge in [-0.1, -0.05) is 12.1 Å². The molecule has 0 radical (unpaired) electrons. The van der Waals surface area contributed by atoms with E-state index in [4.69, 9.17) is 21.7 Å². The van der Waals surface area contributed by atoms with Crippen molar-refractivity contribution in [2.24, 2.45) is 5.92 Å². The fourth-order valence-electron chi connectivity index (χ4n) is 2.63. The highest BCUT2D eigenvalue weighted by molar-refractivity contribution is 7.80. The van der Waals surface area contributed by atoms with Gasteiger partial charge in [-0.2, -0.15) is 13.2 Å². The number of thiocarbonyl (C=S) groups is 1. The minimum Gasteiger partial charge on any atom is -0.497 e. The fraction of sp³-hybridized carbons (Fsp3) is 0.467. The first kappa shape index (κ1) is 19.3. The van der Waals surface area contributed by atoms with Crippen LogP contribution in [-0.2, 0) is 9.53 Å². The van der Waals surface area contributed by atoms with Gasteiger partial charge in [0.25, 0.3) is 5.72 Å². The van der Waals surface area contributed by atoms with Gasteiger partial charge >= 0.3 is 12.1 Å². The van der Waals surface area contributed by atoms with Crippen LogP contribution in [0.25, 0.3) is 0 Å². The first-order chi connectivity index (χ1) is 11.6. The maximum atomic E-state index is 13.5. The van der Waals surface area contributed by atoms with Crippen molar-refractivity contribution in [3.63, 3.8) is 0 Å². The molecule has 0 amide bonds. The summed E-state index contributed by atoms with van der Waals surface area (Å²) in [5.74, 6) is -2.72. The van der Waals surface area contributed by atoms with E-state index in [1.54, 1.807) is 5.32 Å². The summed E-state index contributed by atoms with van der Waals surface area (Å²) in [6, 6.07) is 4.76. The van der Waals surface area contributed by atoms with E-state index in [9.17, 15) is 23.1 Å². The van der Waals surface area contributed by atoms with Gasteiger partial charge < -0.3 is 25.2 Å². The van der Waals surface area contributed by atoms with Crippen molar-refractivity contribution >= 4 is 23.3 Å². The Balaban J connectivity index is 2.53. The van der Waals surface area contributed by atoms with Crippen molar-refractivity contribution in [2.45, 2.75) is 24.9 Å². The number of hydrogen-bond donors (Lipinski definition) is 3. The molecule has 0 spiro atoms. The van der Waals surface area contributed by atoms with E-state index >= 15 is 0 Å². The summed E-state index contributed by atoms with van der Waals surface area (Å²) < 4.78 is 50.4. The molecule has 1 heterocycles. The van der Waals surface area contributed by atoms with Crippen molar-refractivity contribution in [2.75, 3.05) is 13.7 Å². The van der Waals surface area contributed by atoms with Gasteiger partial charge in [0, 0.05) is 0 Å². The highest BCUT2D eigenvalue weighted by Gasteiger charge is 2.66. The molecule has 6 nitrogen and oxygen atoms in total. The Morgan fingerprint density at radius 3 is 2.44 bits per heavy atom. The minimum atomic E-state index is -5.17. The highest BCUT2D eigenvalue weighted by Crippen LogP contribution is 2.43. The van der Waals surface area contributed by atoms with E-state index < -0.39 is 34.9 Å². The largest absolute Gasteiger partial charge is 0.497 e. The van der Waals surface area contributed by atoms with Gasteiger partial charge in [-0.25, -0.2) is 0 Å². The monoisotopic (exact) mass is 378 g/mol. The molecule has 1 aliphatic rings. The van der Waals surface area contributed by atoms with Crippen LogP contribution < -0.4 is 15.4 Å². The number of methoxy groups -OCH3 is 1. The molecule has 3 unspecified atom stereocenters. The molecule has 1 aromatic carbocycles. The molecule has 138 valence electrons. The SMILES string of the molecule is CCOC(=O)C1C(c2ccc(OC)cc2)NC(=S)NC1(O)C(F)(F)F. The molecular formula is C15H17F3N2O4S. The van der Waals surface area contributed by atoms with E-state index in [0.29, 0.717) is 11.3 Å². The Kier molecular flexibility index (Phi) is 5.43. The van der Waals surface area contributed by atoms with Crippen LogP contribution in [0, 0.1) is 5.92 Å². The zero-order valence-electron chi connectivity index (χ0n) is 13.4. The fourth-order valence-corrected chi connectivity index (χ4v) is 2.91. The normalized spacial score (nSPS) is 26.4. The van der Waals surface area contributed by atoms with Crippen LogP contribution in [0.5, 0.6) is 5.75 Å². The molecule has 0 saturated carbocycles. The lowest BCUT2D eigenvalue weighted by Crippen LogP contribution is -2.73. The van der Waals surface area contributed by atoms with Crippen LogP contribution in [0.4, 0.5) is 13.2 Å².